The maximum Gasteiger partial charge on any atom is 0.259 e. The number of aryl methyl sites for hydroxylation is 2. The molecule has 1 fully saturated rings. The Bertz CT molecular complexity index is 520. The number of nitrogens with one attached hydrogen (secondary N) is 2. The van der Waals surface area contributed by atoms with Gasteiger partial charge in [0.2, 0.25) is 0 Å². The van der Waals surface area contributed by atoms with Crippen molar-refractivity contribution in [2.75, 3.05) is 26.3 Å². The Kier molecular flexibility index (Phi) is 4.56. The van der Waals surface area contributed by atoms with E-state index in [9.17, 15) is 8.42 Å². The highest BCUT2D eigenvalue weighted by Gasteiger charge is 2.21. The van der Waals surface area contributed by atoms with Crippen molar-refractivity contribution < 1.29 is 13.2 Å². The number of hydrogen-bond donors (Lipinski definition) is 2. The second kappa shape index (κ2) is 6.00. The monoisotopic (exact) mass is 288 g/mol. The molecule has 1 saturated heterocycles. The molecule has 1 aromatic heterocycles. The minimum absolute atomic E-state index is 0.0119. The van der Waals surface area contributed by atoms with E-state index in [0.29, 0.717) is 32.1 Å². The molecule has 1 aromatic rings. The van der Waals surface area contributed by atoms with Crippen molar-refractivity contribution in [2.24, 2.45) is 0 Å². The molecule has 1 aliphatic heterocycles. The molecule has 2 rings (SSSR count). The summed E-state index contributed by atoms with van der Waals surface area (Å²) in [5, 5.41) is 3.27. The zero-order valence-corrected chi connectivity index (χ0v) is 12.0. The average Bonchev–Trinajstić information content (AvgIpc) is 2.80. The first kappa shape index (κ1) is 14.4. The second-order valence-corrected chi connectivity index (χ2v) is 6.20. The molecular weight excluding hydrogens is 268 g/mol. The van der Waals surface area contributed by atoms with Crippen LogP contribution in [0, 0.1) is 6.92 Å². The number of aromatic nitrogens is 2. The quantitative estimate of drug-likeness (QED) is 0.761. The van der Waals surface area contributed by atoms with Crippen LogP contribution in [0.4, 0.5) is 0 Å². The van der Waals surface area contributed by atoms with Gasteiger partial charge in [-0.1, -0.05) is 0 Å². The van der Waals surface area contributed by atoms with Gasteiger partial charge in [-0.05, 0) is 13.8 Å². The van der Waals surface area contributed by atoms with Gasteiger partial charge in [0, 0.05) is 31.9 Å². The molecule has 0 saturated carbocycles. The van der Waals surface area contributed by atoms with Gasteiger partial charge in [-0.2, -0.15) is 0 Å². The number of imidazole rings is 1. The maximum absolute atomic E-state index is 12.1. The standard InChI is InChI=1S/C11H20N4O3S/c1-3-15-7-11(14-9(15)2)19(16,17)13-6-10-8-18-5-4-12-10/h7,10,12-13H,3-6,8H2,1-2H3. The maximum atomic E-state index is 12.1. The first-order chi connectivity index (χ1) is 9.03. The Morgan fingerprint density at radius 3 is 3.00 bits per heavy atom. The number of hydrogen-bond acceptors (Lipinski definition) is 5. The Morgan fingerprint density at radius 1 is 1.63 bits per heavy atom. The Labute approximate surface area is 113 Å². The highest BCUT2D eigenvalue weighted by atomic mass is 32.2. The van der Waals surface area contributed by atoms with Crippen LogP contribution in [-0.2, 0) is 21.3 Å². The lowest BCUT2D eigenvalue weighted by Crippen LogP contribution is -2.48. The fourth-order valence-corrected chi connectivity index (χ4v) is 3.05. The van der Waals surface area contributed by atoms with E-state index < -0.39 is 10.0 Å². The molecule has 19 heavy (non-hydrogen) atoms. The SMILES string of the molecule is CCn1cc(S(=O)(=O)NCC2COCCN2)nc1C. The van der Waals surface area contributed by atoms with E-state index in [1.807, 2.05) is 6.92 Å². The first-order valence-electron chi connectivity index (χ1n) is 6.37. The number of nitrogens with zero attached hydrogens (tertiary/aromatic N) is 2. The molecule has 2 heterocycles. The van der Waals surface area contributed by atoms with Crippen LogP contribution in [0.1, 0.15) is 12.7 Å². The zero-order valence-electron chi connectivity index (χ0n) is 11.2. The molecule has 0 aromatic carbocycles. The van der Waals surface area contributed by atoms with Crippen LogP contribution < -0.4 is 10.0 Å². The van der Waals surface area contributed by atoms with Gasteiger partial charge in [-0.3, -0.25) is 0 Å². The molecule has 0 aliphatic carbocycles. The molecular formula is C11H20N4O3S. The number of sulfonamides is 1. The molecule has 2 N–H and O–H groups in total. The molecule has 1 atom stereocenters. The first-order valence-corrected chi connectivity index (χ1v) is 7.86. The third-order valence-electron chi connectivity index (χ3n) is 3.09. The van der Waals surface area contributed by atoms with Crippen LogP contribution >= 0.6 is 0 Å². The molecule has 0 radical (unpaired) electrons. The largest absolute Gasteiger partial charge is 0.378 e. The highest BCUT2D eigenvalue weighted by Crippen LogP contribution is 2.09. The summed E-state index contributed by atoms with van der Waals surface area (Å²) in [5.74, 6) is 0.696. The Hall–Kier alpha value is -0.960. The number of morpholine rings is 1. The normalized spacial score (nSPS) is 20.6. The van der Waals surface area contributed by atoms with Crippen LogP contribution in [-0.4, -0.2) is 50.3 Å². The lowest BCUT2D eigenvalue weighted by Gasteiger charge is -2.23. The predicted octanol–water partition coefficient (Wildman–Crippen LogP) is -0.522. The van der Waals surface area contributed by atoms with Gasteiger partial charge in [0.05, 0.1) is 13.2 Å². The van der Waals surface area contributed by atoms with Crippen LogP contribution in [0.15, 0.2) is 11.2 Å². The van der Waals surface area contributed by atoms with Gasteiger partial charge in [0.15, 0.2) is 5.03 Å². The minimum atomic E-state index is -3.55. The van der Waals surface area contributed by atoms with Gasteiger partial charge in [-0.25, -0.2) is 18.1 Å². The molecule has 1 unspecified atom stereocenters. The summed E-state index contributed by atoms with van der Waals surface area (Å²) in [5.41, 5.74) is 0. The molecule has 7 nitrogen and oxygen atoms in total. The van der Waals surface area contributed by atoms with Crippen LogP contribution in [0.25, 0.3) is 0 Å². The van der Waals surface area contributed by atoms with E-state index in [4.69, 9.17) is 4.74 Å². The summed E-state index contributed by atoms with van der Waals surface area (Å²) in [6.45, 7) is 6.68. The molecule has 0 spiro atoms. The van der Waals surface area contributed by atoms with E-state index in [2.05, 4.69) is 15.0 Å². The lowest BCUT2D eigenvalue weighted by molar-refractivity contribution is 0.0784. The van der Waals surface area contributed by atoms with E-state index in [0.717, 1.165) is 6.54 Å². The van der Waals surface area contributed by atoms with E-state index in [1.54, 1.807) is 17.7 Å². The van der Waals surface area contributed by atoms with Gasteiger partial charge in [0.1, 0.15) is 5.82 Å². The topological polar surface area (TPSA) is 85.2 Å². The highest BCUT2D eigenvalue weighted by molar-refractivity contribution is 7.89. The van der Waals surface area contributed by atoms with Crippen molar-refractivity contribution in [1.82, 2.24) is 19.6 Å². The average molecular weight is 288 g/mol. The van der Waals surface area contributed by atoms with E-state index in [-0.39, 0.29) is 11.1 Å². The summed E-state index contributed by atoms with van der Waals surface area (Å²) in [7, 11) is -3.55. The fourth-order valence-electron chi connectivity index (χ4n) is 1.96. The van der Waals surface area contributed by atoms with Crippen molar-refractivity contribution in [3.63, 3.8) is 0 Å². The summed E-state index contributed by atoms with van der Waals surface area (Å²) in [6, 6.07) is 0.0119. The lowest BCUT2D eigenvalue weighted by atomic mass is 10.3. The zero-order chi connectivity index (χ0) is 13.9. The molecule has 0 amide bonds. The minimum Gasteiger partial charge on any atom is -0.378 e. The van der Waals surface area contributed by atoms with Crippen molar-refractivity contribution in [2.45, 2.75) is 31.5 Å². The summed E-state index contributed by atoms with van der Waals surface area (Å²) < 4.78 is 33.8. The molecule has 108 valence electrons. The molecule has 1 aliphatic rings. The smallest absolute Gasteiger partial charge is 0.259 e. The number of rotatable bonds is 5. The molecule has 0 bridgehead atoms. The predicted molar refractivity (Wildman–Crippen MR) is 70.4 cm³/mol. The van der Waals surface area contributed by atoms with Gasteiger partial charge >= 0.3 is 0 Å². The Balaban J connectivity index is 2.00. The van der Waals surface area contributed by atoms with Crippen molar-refractivity contribution >= 4 is 10.0 Å². The van der Waals surface area contributed by atoms with Crippen molar-refractivity contribution in [3.05, 3.63) is 12.0 Å². The molecule has 8 heteroatoms. The van der Waals surface area contributed by atoms with Gasteiger partial charge < -0.3 is 14.6 Å². The van der Waals surface area contributed by atoms with Crippen LogP contribution in [0.3, 0.4) is 0 Å². The van der Waals surface area contributed by atoms with Crippen LogP contribution in [0.2, 0.25) is 0 Å². The second-order valence-electron chi connectivity index (χ2n) is 4.49. The number of ether oxygens (including phenoxy) is 1. The summed E-state index contributed by atoms with van der Waals surface area (Å²) in [6.07, 6.45) is 1.56. The van der Waals surface area contributed by atoms with Crippen molar-refractivity contribution in [3.8, 4) is 0 Å². The van der Waals surface area contributed by atoms with Gasteiger partial charge in [-0.15, -0.1) is 0 Å². The van der Waals surface area contributed by atoms with Crippen molar-refractivity contribution in [1.29, 1.82) is 0 Å². The summed E-state index contributed by atoms with van der Waals surface area (Å²) in [4.78, 5) is 4.08. The third-order valence-corrected chi connectivity index (χ3v) is 4.38. The summed E-state index contributed by atoms with van der Waals surface area (Å²) >= 11 is 0. The van der Waals surface area contributed by atoms with E-state index in [1.165, 1.54) is 0 Å². The third kappa shape index (κ3) is 3.53. The van der Waals surface area contributed by atoms with Gasteiger partial charge in [0.25, 0.3) is 10.0 Å². The van der Waals surface area contributed by atoms with E-state index >= 15 is 0 Å². The van der Waals surface area contributed by atoms with Crippen LogP contribution in [0.5, 0.6) is 0 Å². The Morgan fingerprint density at radius 2 is 2.42 bits per heavy atom. The fraction of sp³-hybridized carbons (Fsp3) is 0.727.